The highest BCUT2D eigenvalue weighted by Crippen LogP contribution is 2.31. The first-order valence-electron chi connectivity index (χ1n) is 5.44. The van der Waals surface area contributed by atoms with Gasteiger partial charge in [0.05, 0.1) is 4.92 Å². The molecule has 0 aliphatic carbocycles. The maximum Gasteiger partial charge on any atom is 0.327 e. The number of anilines is 1. The molecular weight excluding hydrogens is 225 g/mol. The third-order valence-corrected chi connectivity index (χ3v) is 2.97. The van der Waals surface area contributed by atoms with Crippen LogP contribution in [-0.4, -0.2) is 23.6 Å². The van der Waals surface area contributed by atoms with E-state index < -0.39 is 16.4 Å². The number of hydrogen-bond donors (Lipinski definition) is 2. The van der Waals surface area contributed by atoms with Crippen LogP contribution in [0.15, 0.2) is 18.2 Å². The molecular formula is C11H14FN3O2. The summed E-state index contributed by atoms with van der Waals surface area (Å²) in [6, 6.07) is 4.10. The van der Waals surface area contributed by atoms with E-state index in [4.69, 9.17) is 0 Å². The second-order valence-electron chi connectivity index (χ2n) is 4.51. The zero-order valence-corrected chi connectivity index (χ0v) is 9.50. The Hall–Kier alpha value is -1.69. The number of halogens is 1. The molecule has 5 nitrogen and oxygen atoms in total. The lowest BCUT2D eigenvalue weighted by molar-refractivity contribution is -0.386. The van der Waals surface area contributed by atoms with Gasteiger partial charge in [-0.3, -0.25) is 10.1 Å². The van der Waals surface area contributed by atoms with E-state index in [9.17, 15) is 14.5 Å². The van der Waals surface area contributed by atoms with E-state index in [1.165, 1.54) is 12.1 Å². The highest BCUT2D eigenvalue weighted by Gasteiger charge is 2.31. The molecule has 92 valence electrons. The van der Waals surface area contributed by atoms with Crippen molar-refractivity contribution in [3.05, 3.63) is 34.1 Å². The van der Waals surface area contributed by atoms with Crippen LogP contribution < -0.4 is 10.6 Å². The van der Waals surface area contributed by atoms with Crippen molar-refractivity contribution in [1.82, 2.24) is 5.32 Å². The average molecular weight is 239 g/mol. The summed E-state index contributed by atoms with van der Waals surface area (Å²) in [5.74, 6) is -0.811. The van der Waals surface area contributed by atoms with Crippen molar-refractivity contribution >= 4 is 11.4 Å². The topological polar surface area (TPSA) is 67.2 Å². The minimum atomic E-state index is -0.811. The third kappa shape index (κ3) is 2.36. The Morgan fingerprint density at radius 2 is 2.35 bits per heavy atom. The maximum absolute atomic E-state index is 13.4. The van der Waals surface area contributed by atoms with E-state index in [0.717, 1.165) is 19.0 Å². The van der Waals surface area contributed by atoms with E-state index in [1.807, 2.05) is 6.92 Å². The Bertz CT molecular complexity index is 444. The quantitative estimate of drug-likeness (QED) is 0.624. The number of nitrogens with one attached hydrogen (secondary N) is 2. The summed E-state index contributed by atoms with van der Waals surface area (Å²) < 4.78 is 13.4. The van der Waals surface area contributed by atoms with Crippen molar-refractivity contribution in [3.63, 3.8) is 0 Å². The van der Waals surface area contributed by atoms with Crippen molar-refractivity contribution < 1.29 is 9.31 Å². The van der Waals surface area contributed by atoms with Gasteiger partial charge in [0.15, 0.2) is 0 Å². The molecule has 1 aliphatic heterocycles. The molecule has 0 spiro atoms. The van der Waals surface area contributed by atoms with Crippen LogP contribution in [0.2, 0.25) is 0 Å². The Labute approximate surface area is 98.2 Å². The second-order valence-corrected chi connectivity index (χ2v) is 4.51. The third-order valence-electron chi connectivity index (χ3n) is 2.97. The van der Waals surface area contributed by atoms with Crippen molar-refractivity contribution in [2.24, 2.45) is 0 Å². The first-order valence-corrected chi connectivity index (χ1v) is 5.44. The van der Waals surface area contributed by atoms with Gasteiger partial charge in [-0.15, -0.1) is 0 Å². The number of nitro groups is 1. The average Bonchev–Trinajstić information content (AvgIpc) is 2.64. The molecule has 1 aromatic rings. The minimum Gasteiger partial charge on any atom is -0.373 e. The van der Waals surface area contributed by atoms with Crippen LogP contribution in [0.25, 0.3) is 0 Å². The number of rotatable bonds is 3. The lowest BCUT2D eigenvalue weighted by atomic mass is 10.0. The van der Waals surface area contributed by atoms with E-state index in [-0.39, 0.29) is 11.2 Å². The predicted octanol–water partition coefficient (Wildman–Crippen LogP) is 1.90. The van der Waals surface area contributed by atoms with Gasteiger partial charge < -0.3 is 10.6 Å². The smallest absolute Gasteiger partial charge is 0.327 e. The van der Waals surface area contributed by atoms with E-state index >= 15 is 0 Å². The maximum atomic E-state index is 13.4. The highest BCUT2D eigenvalue weighted by atomic mass is 19.1. The van der Waals surface area contributed by atoms with Crippen LogP contribution in [0.3, 0.4) is 0 Å². The standard InChI is InChI=1S/C11H14FN3O2/c1-11(5-6-13-7-11)14-9-4-2-3-8(12)10(9)15(16)17/h2-4,13-14H,5-7H2,1H3. The van der Waals surface area contributed by atoms with Gasteiger partial charge in [0, 0.05) is 12.1 Å². The van der Waals surface area contributed by atoms with E-state index in [0.29, 0.717) is 6.54 Å². The van der Waals surface area contributed by atoms with E-state index in [2.05, 4.69) is 10.6 Å². The van der Waals surface area contributed by atoms with Gasteiger partial charge in [-0.1, -0.05) is 6.07 Å². The molecule has 1 aromatic carbocycles. The molecule has 6 heteroatoms. The normalized spacial score (nSPS) is 23.6. The van der Waals surface area contributed by atoms with Crippen LogP contribution >= 0.6 is 0 Å². The van der Waals surface area contributed by atoms with Gasteiger partial charge in [0.2, 0.25) is 5.82 Å². The Balaban J connectivity index is 2.32. The van der Waals surface area contributed by atoms with Crippen molar-refractivity contribution in [2.45, 2.75) is 18.9 Å². The fourth-order valence-corrected chi connectivity index (χ4v) is 2.05. The molecule has 1 aliphatic rings. The van der Waals surface area contributed by atoms with Crippen LogP contribution in [0.4, 0.5) is 15.8 Å². The molecule has 1 atom stereocenters. The SMILES string of the molecule is CC1(Nc2cccc(F)c2[N+](=O)[O-])CCNC1. The Morgan fingerprint density at radius 1 is 1.59 bits per heavy atom. The Kier molecular flexibility index (Phi) is 2.97. The van der Waals surface area contributed by atoms with Gasteiger partial charge in [-0.05, 0) is 32.0 Å². The van der Waals surface area contributed by atoms with Crippen molar-refractivity contribution in [1.29, 1.82) is 0 Å². The molecule has 17 heavy (non-hydrogen) atoms. The first-order chi connectivity index (χ1) is 8.02. The predicted molar refractivity (Wildman–Crippen MR) is 62.6 cm³/mol. The van der Waals surface area contributed by atoms with Gasteiger partial charge >= 0.3 is 5.69 Å². The van der Waals surface area contributed by atoms with Crippen molar-refractivity contribution in [3.8, 4) is 0 Å². The van der Waals surface area contributed by atoms with Crippen LogP contribution in [0, 0.1) is 15.9 Å². The first kappa shape index (κ1) is 11.8. The molecule has 2 N–H and O–H groups in total. The number of nitro benzene ring substituents is 1. The zero-order valence-electron chi connectivity index (χ0n) is 9.50. The molecule has 1 heterocycles. The number of para-hydroxylation sites is 1. The number of hydrogen-bond acceptors (Lipinski definition) is 4. The number of nitrogens with zero attached hydrogens (tertiary/aromatic N) is 1. The van der Waals surface area contributed by atoms with Gasteiger partial charge in [-0.2, -0.15) is 4.39 Å². The largest absolute Gasteiger partial charge is 0.373 e. The summed E-state index contributed by atoms with van der Waals surface area (Å²) in [4.78, 5) is 10.1. The van der Waals surface area contributed by atoms with Crippen LogP contribution in [0.5, 0.6) is 0 Å². The molecule has 1 fully saturated rings. The highest BCUT2D eigenvalue weighted by molar-refractivity contribution is 5.63. The minimum absolute atomic E-state index is 0.237. The molecule has 1 saturated heterocycles. The van der Waals surface area contributed by atoms with Gasteiger partial charge in [0.25, 0.3) is 0 Å². The van der Waals surface area contributed by atoms with E-state index in [1.54, 1.807) is 0 Å². The Morgan fingerprint density at radius 3 is 2.94 bits per heavy atom. The summed E-state index contributed by atoms with van der Waals surface area (Å²) in [7, 11) is 0. The molecule has 0 aromatic heterocycles. The lowest BCUT2D eigenvalue weighted by Gasteiger charge is -2.25. The zero-order chi connectivity index (χ0) is 12.5. The molecule has 2 rings (SSSR count). The number of benzene rings is 1. The lowest BCUT2D eigenvalue weighted by Crippen LogP contribution is -2.37. The second kappa shape index (κ2) is 4.29. The summed E-state index contributed by atoms with van der Waals surface area (Å²) in [5.41, 5.74) is -0.514. The molecule has 0 radical (unpaired) electrons. The molecule has 0 bridgehead atoms. The molecule has 0 amide bonds. The fourth-order valence-electron chi connectivity index (χ4n) is 2.05. The van der Waals surface area contributed by atoms with Crippen molar-refractivity contribution in [2.75, 3.05) is 18.4 Å². The van der Waals surface area contributed by atoms with Crippen LogP contribution in [-0.2, 0) is 0 Å². The molecule has 0 saturated carbocycles. The summed E-state index contributed by atoms with van der Waals surface area (Å²) >= 11 is 0. The molecule has 1 unspecified atom stereocenters. The monoisotopic (exact) mass is 239 g/mol. The van der Waals surface area contributed by atoms with Gasteiger partial charge in [-0.25, -0.2) is 0 Å². The summed E-state index contributed by atoms with van der Waals surface area (Å²) in [5, 5.41) is 17.1. The fraction of sp³-hybridized carbons (Fsp3) is 0.455. The summed E-state index contributed by atoms with van der Waals surface area (Å²) in [6.45, 7) is 3.52. The van der Waals surface area contributed by atoms with Crippen LogP contribution in [0.1, 0.15) is 13.3 Å². The van der Waals surface area contributed by atoms with Gasteiger partial charge in [0.1, 0.15) is 5.69 Å². The summed E-state index contributed by atoms with van der Waals surface area (Å²) in [6.07, 6.45) is 0.848.